The number of rotatable bonds is 0. The van der Waals surface area contributed by atoms with E-state index in [4.69, 9.17) is 11.6 Å². The van der Waals surface area contributed by atoms with Crippen LogP contribution in [0.25, 0.3) is 0 Å². The Morgan fingerprint density at radius 3 is 2.43 bits per heavy atom. The summed E-state index contributed by atoms with van der Waals surface area (Å²) in [5, 5.41) is 0. The molecule has 1 fully saturated rings. The number of hydrogen-bond donors (Lipinski definition) is 0. The zero-order valence-electron chi connectivity index (χ0n) is 14.2. The Morgan fingerprint density at radius 1 is 1.50 bits per heavy atom. The van der Waals surface area contributed by atoms with Gasteiger partial charge in [0.05, 0.1) is 0 Å². The summed E-state index contributed by atoms with van der Waals surface area (Å²) in [5.41, 5.74) is -0.724. The number of amides is 1. The summed E-state index contributed by atoms with van der Waals surface area (Å²) >= 11 is 0. The van der Waals surface area contributed by atoms with Gasteiger partial charge >= 0.3 is 6.09 Å². The molecule has 3 heteroatoms. The summed E-state index contributed by atoms with van der Waals surface area (Å²) < 4.78 is 44.4. The van der Waals surface area contributed by atoms with Gasteiger partial charge in [-0.15, -0.1) is 0 Å². The fraction of sp³-hybridized carbons (Fsp3) is 0.909. The van der Waals surface area contributed by atoms with Crippen LogP contribution in [0.15, 0.2) is 0 Å². The molecule has 0 radical (unpaired) electrons. The number of nitrogens with zero attached hydrogens (tertiary/aromatic N) is 1. The molecule has 1 heterocycles. The molecule has 0 aromatic rings. The Bertz CT molecular complexity index is 356. The van der Waals surface area contributed by atoms with Crippen LogP contribution in [0.1, 0.15) is 47.3 Å². The zero-order valence-corrected chi connectivity index (χ0v) is 9.18. The van der Waals surface area contributed by atoms with Crippen LogP contribution in [0.5, 0.6) is 0 Å². The first-order valence-corrected chi connectivity index (χ1v) is 4.68. The largest absolute Gasteiger partial charge is 0.444 e. The van der Waals surface area contributed by atoms with E-state index in [0.29, 0.717) is 0 Å². The lowest BCUT2D eigenvalue weighted by molar-refractivity contribution is 0.0190. The minimum atomic E-state index is -2.15. The molecule has 0 saturated carbocycles. The molecule has 1 aliphatic heterocycles. The average molecular weight is 204 g/mol. The molecule has 14 heavy (non-hydrogen) atoms. The van der Waals surface area contributed by atoms with E-state index >= 15 is 0 Å². The molecule has 1 amide bonds. The van der Waals surface area contributed by atoms with Gasteiger partial charge in [-0.3, -0.25) is 0 Å². The molecule has 0 aliphatic carbocycles. The summed E-state index contributed by atoms with van der Waals surface area (Å²) in [4.78, 5) is 12.9. The molecule has 1 aliphatic rings. The van der Waals surface area contributed by atoms with Crippen LogP contribution in [-0.4, -0.2) is 29.7 Å². The van der Waals surface area contributed by atoms with E-state index in [1.807, 2.05) is 0 Å². The Morgan fingerprint density at radius 2 is 2.00 bits per heavy atom. The molecule has 0 atom stereocenters. The lowest BCUT2D eigenvalue weighted by Gasteiger charge is -2.32. The monoisotopic (exact) mass is 204 g/mol. The first-order chi connectivity index (χ1) is 8.20. The number of piperidine rings is 1. The maximum Gasteiger partial charge on any atom is 0.410 e. The van der Waals surface area contributed by atoms with Gasteiger partial charge in [-0.05, 0) is 39.4 Å². The van der Waals surface area contributed by atoms with Crippen molar-refractivity contribution < 1.29 is 16.4 Å². The van der Waals surface area contributed by atoms with E-state index in [1.165, 1.54) is 6.92 Å². The smallest absolute Gasteiger partial charge is 0.410 e. The molecule has 0 bridgehead atoms. The molecule has 82 valence electrons. The van der Waals surface area contributed by atoms with E-state index in [-0.39, 0.29) is 13.1 Å². The van der Waals surface area contributed by atoms with Gasteiger partial charge in [-0.25, -0.2) is 4.79 Å². The van der Waals surface area contributed by atoms with E-state index in [1.54, 1.807) is 20.8 Å². The highest BCUT2D eigenvalue weighted by Gasteiger charge is 2.24. The van der Waals surface area contributed by atoms with Gasteiger partial charge in [-0.2, -0.15) is 0 Å². The fourth-order valence-electron chi connectivity index (χ4n) is 1.00. The summed E-state index contributed by atoms with van der Waals surface area (Å²) in [6.07, 6.45) is -5.05. The predicted molar refractivity (Wildman–Crippen MR) is 56.2 cm³/mol. The Kier molecular flexibility index (Phi) is 1.79. The topological polar surface area (TPSA) is 29.5 Å². The van der Waals surface area contributed by atoms with Gasteiger partial charge in [-0.1, -0.05) is 6.92 Å². The van der Waals surface area contributed by atoms with Crippen molar-refractivity contribution >= 4 is 6.09 Å². The highest BCUT2D eigenvalue weighted by Crippen LogP contribution is 2.18. The standard InChI is InChI=1S/C11H21NO2/c1-9-5-7-12(8-6-9)10(13)14-11(2,3)4/h9H,5-8H2,1-4H3/i5D2,6D2,9D. The lowest BCUT2D eigenvalue weighted by atomic mass is 10.00. The molecule has 0 N–H and O–H groups in total. The minimum absolute atomic E-state index is 0.346. The SMILES string of the molecule is [2H]C1([2H])CN(C(=O)OC(C)(C)C)CC([2H])([2H])C1([2H])C. The van der Waals surface area contributed by atoms with Crippen molar-refractivity contribution in [3.8, 4) is 0 Å². The summed E-state index contributed by atoms with van der Waals surface area (Å²) in [5.74, 6) is -1.92. The highest BCUT2D eigenvalue weighted by molar-refractivity contribution is 5.68. The van der Waals surface area contributed by atoms with Gasteiger partial charge in [0.2, 0.25) is 0 Å². The first-order valence-electron chi connectivity index (χ1n) is 7.18. The Labute approximate surface area is 93.4 Å². The average Bonchev–Trinajstić information content (AvgIpc) is 2.10. The van der Waals surface area contributed by atoms with Crippen molar-refractivity contribution in [2.75, 3.05) is 13.1 Å². The third-order valence-corrected chi connectivity index (χ3v) is 1.72. The third-order valence-electron chi connectivity index (χ3n) is 1.72. The number of carbonyl (C=O) groups excluding carboxylic acids is 1. The van der Waals surface area contributed by atoms with E-state index in [0.717, 1.165) is 4.90 Å². The second kappa shape index (κ2) is 4.20. The van der Waals surface area contributed by atoms with Crippen LogP contribution in [0, 0.1) is 5.89 Å². The number of carbonyl (C=O) groups is 1. The number of hydrogen-bond acceptors (Lipinski definition) is 2. The third kappa shape index (κ3) is 3.56. The predicted octanol–water partition coefficient (Wildman–Crippen LogP) is 2.65. The Balaban J connectivity index is 2.95. The van der Waals surface area contributed by atoms with Crippen LogP contribution in [-0.2, 0) is 4.74 Å². The fourth-order valence-corrected chi connectivity index (χ4v) is 1.00. The molecule has 0 unspecified atom stereocenters. The summed E-state index contributed by atoms with van der Waals surface area (Å²) in [6, 6.07) is 0. The highest BCUT2D eigenvalue weighted by atomic mass is 16.6. The second-order valence-corrected chi connectivity index (χ2v) is 4.31. The number of ether oxygens (including phenoxy) is 1. The van der Waals surface area contributed by atoms with Crippen molar-refractivity contribution in [3.05, 3.63) is 0 Å². The minimum Gasteiger partial charge on any atom is -0.444 e. The van der Waals surface area contributed by atoms with Gasteiger partial charge in [0.15, 0.2) is 0 Å². The van der Waals surface area contributed by atoms with Crippen LogP contribution in [0.3, 0.4) is 0 Å². The Hall–Kier alpha value is -0.730. The zero-order chi connectivity index (χ0) is 15.3. The molecule has 3 nitrogen and oxygen atoms in total. The van der Waals surface area contributed by atoms with Crippen LogP contribution < -0.4 is 0 Å². The van der Waals surface area contributed by atoms with Gasteiger partial charge in [0.1, 0.15) is 5.60 Å². The van der Waals surface area contributed by atoms with Crippen molar-refractivity contribution in [2.24, 2.45) is 5.89 Å². The molecule has 0 spiro atoms. The molecule has 1 saturated heterocycles. The molecular weight excluding hydrogens is 178 g/mol. The van der Waals surface area contributed by atoms with Gasteiger partial charge in [0.25, 0.3) is 0 Å². The first kappa shape index (κ1) is 5.99. The second-order valence-electron chi connectivity index (χ2n) is 4.31. The molecule has 0 aromatic carbocycles. The molecule has 1 rings (SSSR count). The van der Waals surface area contributed by atoms with E-state index in [9.17, 15) is 4.79 Å². The maximum atomic E-state index is 11.9. The van der Waals surface area contributed by atoms with E-state index in [2.05, 4.69) is 0 Å². The summed E-state index contributed by atoms with van der Waals surface area (Å²) in [7, 11) is 0. The summed E-state index contributed by atoms with van der Waals surface area (Å²) in [6.45, 7) is 5.59. The quantitative estimate of drug-likeness (QED) is 0.607. The van der Waals surface area contributed by atoms with Crippen molar-refractivity contribution in [1.82, 2.24) is 4.90 Å². The van der Waals surface area contributed by atoms with Crippen molar-refractivity contribution in [1.29, 1.82) is 0 Å². The maximum absolute atomic E-state index is 11.9. The van der Waals surface area contributed by atoms with Crippen LogP contribution >= 0.6 is 0 Å². The lowest BCUT2D eigenvalue weighted by Crippen LogP contribution is -2.41. The van der Waals surface area contributed by atoms with Crippen LogP contribution in [0.4, 0.5) is 4.79 Å². The van der Waals surface area contributed by atoms with Crippen molar-refractivity contribution in [3.63, 3.8) is 0 Å². The van der Waals surface area contributed by atoms with Crippen molar-refractivity contribution in [2.45, 2.75) is 46.0 Å². The van der Waals surface area contributed by atoms with Gasteiger partial charge < -0.3 is 9.64 Å². The molecular formula is C11H21NO2. The number of likely N-dealkylation sites (tertiary alicyclic amines) is 1. The van der Waals surface area contributed by atoms with Crippen LogP contribution in [0.2, 0.25) is 0 Å². The molecule has 0 aromatic heterocycles. The van der Waals surface area contributed by atoms with Gasteiger partial charge in [0, 0.05) is 19.9 Å². The van der Waals surface area contributed by atoms with E-state index < -0.39 is 30.3 Å². The normalized spacial score (nSPS) is 34.3.